The Hall–Kier alpha value is -1.30. The summed E-state index contributed by atoms with van der Waals surface area (Å²) in [5.74, 6) is -0.402. The number of hydrogen-bond donors (Lipinski definition) is 3. The van der Waals surface area contributed by atoms with Gasteiger partial charge in [0.15, 0.2) is 0 Å². The second-order valence-corrected chi connectivity index (χ2v) is 2.31. The molecule has 0 rings (SSSR count). The van der Waals surface area contributed by atoms with Gasteiger partial charge >= 0.3 is 0 Å². The van der Waals surface area contributed by atoms with Crippen molar-refractivity contribution in [2.75, 3.05) is 20.6 Å². The minimum absolute atomic E-state index is 0.155. The first kappa shape index (κ1) is 9.70. The molecule has 0 aromatic carbocycles. The molecule has 0 fully saturated rings. The molecule has 0 bridgehead atoms. The van der Waals surface area contributed by atoms with Crippen LogP contribution in [0.1, 0.15) is 0 Å². The van der Waals surface area contributed by atoms with E-state index in [0.29, 0.717) is 0 Å². The first-order valence-electron chi connectivity index (χ1n) is 3.04. The summed E-state index contributed by atoms with van der Waals surface area (Å²) in [6.45, 7) is 0.261. The summed E-state index contributed by atoms with van der Waals surface area (Å²) < 4.78 is 0. The van der Waals surface area contributed by atoms with Crippen molar-refractivity contribution < 1.29 is 4.79 Å². The maximum Gasteiger partial charge on any atom is 0.254 e. The fraction of sp³-hybridized carbons (Fsp3) is 0.600. The van der Waals surface area contributed by atoms with Gasteiger partial charge in [-0.2, -0.15) is 0 Å². The van der Waals surface area contributed by atoms with Crippen LogP contribution in [0.4, 0.5) is 0 Å². The van der Waals surface area contributed by atoms with Gasteiger partial charge in [-0.15, -0.1) is 5.10 Å². The summed E-state index contributed by atoms with van der Waals surface area (Å²) in [7, 11) is 3.55. The number of carbonyl (C=O) groups is 1. The Morgan fingerprint density at radius 1 is 1.55 bits per heavy atom. The van der Waals surface area contributed by atoms with E-state index >= 15 is 0 Å². The molecule has 6 heteroatoms. The van der Waals surface area contributed by atoms with Crippen molar-refractivity contribution in [3.8, 4) is 0 Å². The molecule has 6 nitrogen and oxygen atoms in total. The van der Waals surface area contributed by atoms with Crippen LogP contribution in [-0.4, -0.2) is 37.4 Å². The molecule has 64 valence electrons. The van der Waals surface area contributed by atoms with Crippen LogP contribution >= 0.6 is 0 Å². The number of hydrazone groups is 1. The Morgan fingerprint density at radius 3 is 2.45 bits per heavy atom. The Kier molecular flexibility index (Phi) is 3.97. The number of guanidine groups is 1. The van der Waals surface area contributed by atoms with Crippen molar-refractivity contribution >= 4 is 11.9 Å². The van der Waals surface area contributed by atoms with Crippen LogP contribution in [0.2, 0.25) is 0 Å². The minimum Gasteiger partial charge on any atom is -0.369 e. The zero-order chi connectivity index (χ0) is 8.85. The highest BCUT2D eigenvalue weighted by molar-refractivity contribution is 5.81. The van der Waals surface area contributed by atoms with Crippen LogP contribution in [0.15, 0.2) is 5.10 Å². The average Bonchev–Trinajstić information content (AvgIpc) is 1.82. The minimum atomic E-state index is -0.247. The number of amides is 1. The molecule has 0 spiro atoms. The summed E-state index contributed by atoms with van der Waals surface area (Å²) in [5.41, 5.74) is 12.1. The first-order chi connectivity index (χ1) is 5.02. The summed E-state index contributed by atoms with van der Waals surface area (Å²) in [6, 6.07) is 0. The number of carbonyl (C=O) groups excluding carboxylic acids is 1. The van der Waals surface area contributed by atoms with Crippen molar-refractivity contribution in [2.45, 2.75) is 0 Å². The van der Waals surface area contributed by atoms with Crippen LogP contribution in [0.3, 0.4) is 0 Å². The third-order valence-electron chi connectivity index (χ3n) is 0.770. The van der Waals surface area contributed by atoms with E-state index in [0.717, 1.165) is 0 Å². The van der Waals surface area contributed by atoms with Crippen LogP contribution in [0, 0.1) is 0 Å². The maximum absolute atomic E-state index is 10.8. The molecule has 0 unspecified atom stereocenters. The van der Waals surface area contributed by atoms with E-state index in [1.165, 1.54) is 0 Å². The molecule has 0 aliphatic carbocycles. The molecule has 5 N–H and O–H groups in total. The van der Waals surface area contributed by atoms with Gasteiger partial charge in [0.2, 0.25) is 5.96 Å². The number of nitrogens with one attached hydrogen (secondary N) is 1. The lowest BCUT2D eigenvalue weighted by molar-refractivity contribution is -0.121. The van der Waals surface area contributed by atoms with E-state index in [4.69, 9.17) is 11.5 Å². The van der Waals surface area contributed by atoms with Gasteiger partial charge in [-0.25, -0.2) is 5.43 Å². The molecule has 0 aliphatic rings. The molecule has 0 saturated carbocycles. The molecule has 0 atom stereocenters. The molecule has 0 aliphatic heterocycles. The smallest absolute Gasteiger partial charge is 0.254 e. The summed E-state index contributed by atoms with van der Waals surface area (Å²) in [4.78, 5) is 12.5. The normalized spacial score (nSPS) is 9.36. The van der Waals surface area contributed by atoms with Crippen molar-refractivity contribution in [1.29, 1.82) is 0 Å². The van der Waals surface area contributed by atoms with E-state index in [9.17, 15) is 4.79 Å². The Labute approximate surface area is 65.2 Å². The van der Waals surface area contributed by atoms with Crippen LogP contribution in [-0.2, 0) is 4.79 Å². The summed E-state index contributed by atoms with van der Waals surface area (Å²) >= 11 is 0. The number of nitrogens with zero attached hydrogens (tertiary/aromatic N) is 2. The van der Waals surface area contributed by atoms with Gasteiger partial charge < -0.3 is 16.4 Å². The second kappa shape index (κ2) is 4.51. The van der Waals surface area contributed by atoms with Gasteiger partial charge in [0.1, 0.15) is 0 Å². The summed E-state index contributed by atoms with van der Waals surface area (Å²) in [5, 5.41) is 3.32. The molecule has 0 aromatic rings. The Bertz CT molecular complexity index is 160. The van der Waals surface area contributed by atoms with Crippen LogP contribution in [0.5, 0.6) is 0 Å². The van der Waals surface area contributed by atoms with Gasteiger partial charge in [-0.1, -0.05) is 0 Å². The highest BCUT2D eigenvalue weighted by atomic mass is 16.2. The third kappa shape index (κ3) is 6.59. The molecule has 0 saturated heterocycles. The number of rotatable bonds is 3. The maximum atomic E-state index is 10.8. The number of nitrogens with two attached hydrogens (primary N) is 2. The highest BCUT2D eigenvalue weighted by Crippen LogP contribution is 1.72. The van der Waals surface area contributed by atoms with Crippen LogP contribution in [0.25, 0.3) is 0 Å². The summed E-state index contributed by atoms with van der Waals surface area (Å²) in [6.07, 6.45) is 0. The molecular weight excluding hydrogens is 146 g/mol. The van der Waals surface area contributed by atoms with Gasteiger partial charge in [0.05, 0.1) is 6.54 Å². The van der Waals surface area contributed by atoms with Crippen molar-refractivity contribution in [3.63, 3.8) is 0 Å². The topological polar surface area (TPSA) is 96.7 Å². The lowest BCUT2D eigenvalue weighted by atomic mass is 10.6. The molecule has 0 aromatic heterocycles. The molecular formula is C5H13N5O. The van der Waals surface area contributed by atoms with E-state index < -0.39 is 0 Å². The Balaban J connectivity index is 3.62. The van der Waals surface area contributed by atoms with Crippen LogP contribution < -0.4 is 16.9 Å². The average molecular weight is 159 g/mol. The van der Waals surface area contributed by atoms with Gasteiger partial charge in [0.25, 0.3) is 5.91 Å². The Morgan fingerprint density at radius 2 is 2.09 bits per heavy atom. The number of likely N-dealkylation sites (N-methyl/N-ethyl adjacent to an activating group) is 1. The predicted octanol–water partition coefficient (Wildman–Crippen LogP) is -2.15. The predicted molar refractivity (Wildman–Crippen MR) is 42.5 cm³/mol. The third-order valence-corrected chi connectivity index (χ3v) is 0.770. The quantitative estimate of drug-likeness (QED) is 0.248. The van der Waals surface area contributed by atoms with Crippen molar-refractivity contribution in [1.82, 2.24) is 10.3 Å². The van der Waals surface area contributed by atoms with Gasteiger partial charge in [0, 0.05) is 0 Å². The van der Waals surface area contributed by atoms with Crippen molar-refractivity contribution in [3.05, 3.63) is 0 Å². The monoisotopic (exact) mass is 159 g/mol. The standard InChI is InChI=1S/C5H13N5O/c1-10(2)3-4(11)8-9-5(6)7/h3H2,1-2H3,(H,8,11)(H4,6,7,9). The molecule has 0 radical (unpaired) electrons. The largest absolute Gasteiger partial charge is 0.369 e. The first-order valence-corrected chi connectivity index (χ1v) is 3.04. The second-order valence-electron chi connectivity index (χ2n) is 2.31. The molecule has 11 heavy (non-hydrogen) atoms. The lowest BCUT2D eigenvalue weighted by Gasteiger charge is -2.06. The SMILES string of the molecule is CN(C)CC(=O)NN=C(N)N. The fourth-order valence-corrected chi connectivity index (χ4v) is 0.449. The van der Waals surface area contributed by atoms with E-state index in [1.807, 2.05) is 0 Å². The van der Waals surface area contributed by atoms with E-state index in [-0.39, 0.29) is 18.4 Å². The zero-order valence-corrected chi connectivity index (χ0v) is 6.66. The fourth-order valence-electron chi connectivity index (χ4n) is 0.449. The molecule has 1 amide bonds. The lowest BCUT2D eigenvalue weighted by Crippen LogP contribution is -2.34. The van der Waals surface area contributed by atoms with Gasteiger partial charge in [-0.05, 0) is 14.1 Å². The number of hydrogen-bond acceptors (Lipinski definition) is 3. The van der Waals surface area contributed by atoms with E-state index in [1.54, 1.807) is 19.0 Å². The van der Waals surface area contributed by atoms with E-state index in [2.05, 4.69) is 10.5 Å². The van der Waals surface area contributed by atoms with Gasteiger partial charge in [-0.3, -0.25) is 4.79 Å². The molecule has 0 heterocycles. The highest BCUT2D eigenvalue weighted by Gasteiger charge is 1.99. The van der Waals surface area contributed by atoms with Crippen molar-refractivity contribution in [2.24, 2.45) is 16.6 Å². The zero-order valence-electron chi connectivity index (χ0n) is 6.66.